The van der Waals surface area contributed by atoms with Crippen LogP contribution in [0, 0.1) is 5.92 Å². The van der Waals surface area contributed by atoms with E-state index in [-0.39, 0.29) is 12.4 Å². The first-order chi connectivity index (χ1) is 9.65. The summed E-state index contributed by atoms with van der Waals surface area (Å²) in [6, 6.07) is 0. The van der Waals surface area contributed by atoms with Crippen LogP contribution in [0.15, 0.2) is 0 Å². The summed E-state index contributed by atoms with van der Waals surface area (Å²) >= 11 is 0. The number of carbonyl (C=O) groups is 2. The Kier molecular flexibility index (Phi) is 8.31. The third-order valence-electron chi connectivity index (χ3n) is 4.03. The van der Waals surface area contributed by atoms with Crippen molar-refractivity contribution in [1.82, 2.24) is 0 Å². The summed E-state index contributed by atoms with van der Waals surface area (Å²) in [5, 5.41) is 9.01. The molecule has 1 aliphatic rings. The van der Waals surface area contributed by atoms with Crippen LogP contribution in [0.1, 0.15) is 77.6 Å². The van der Waals surface area contributed by atoms with Crippen molar-refractivity contribution in [3.8, 4) is 0 Å². The van der Waals surface area contributed by atoms with Crippen LogP contribution >= 0.6 is 0 Å². The number of ether oxygens (including phenoxy) is 1. The molecule has 0 amide bonds. The van der Waals surface area contributed by atoms with E-state index in [1.54, 1.807) is 0 Å². The Labute approximate surface area is 121 Å². The fraction of sp³-hybridized carbons (Fsp3) is 0.875. The van der Waals surface area contributed by atoms with Crippen LogP contribution in [0.2, 0.25) is 0 Å². The van der Waals surface area contributed by atoms with Gasteiger partial charge in [-0.2, -0.15) is 0 Å². The van der Waals surface area contributed by atoms with E-state index in [9.17, 15) is 9.59 Å². The van der Waals surface area contributed by atoms with Gasteiger partial charge in [-0.05, 0) is 12.8 Å². The largest absolute Gasteiger partial charge is 0.481 e. The average Bonchev–Trinajstić information content (AvgIpc) is 2.78. The lowest BCUT2D eigenvalue weighted by Crippen LogP contribution is -2.23. The summed E-state index contributed by atoms with van der Waals surface area (Å²) in [5.41, 5.74) is 0. The summed E-state index contributed by atoms with van der Waals surface area (Å²) in [6.07, 6.45) is 11.4. The molecule has 1 fully saturated rings. The van der Waals surface area contributed by atoms with Crippen LogP contribution in [-0.4, -0.2) is 23.1 Å². The van der Waals surface area contributed by atoms with Gasteiger partial charge in [0, 0.05) is 0 Å². The molecule has 1 saturated heterocycles. The van der Waals surface area contributed by atoms with E-state index < -0.39 is 18.0 Å². The van der Waals surface area contributed by atoms with Gasteiger partial charge in [0.15, 0.2) is 0 Å². The Bertz CT molecular complexity index is 301. The first-order valence-electron chi connectivity index (χ1n) is 8.07. The molecule has 0 radical (unpaired) electrons. The summed E-state index contributed by atoms with van der Waals surface area (Å²) in [4.78, 5) is 22.1. The molecule has 1 aliphatic heterocycles. The zero-order valence-electron chi connectivity index (χ0n) is 12.6. The van der Waals surface area contributed by atoms with E-state index in [2.05, 4.69) is 6.92 Å². The number of rotatable bonds is 11. The van der Waals surface area contributed by atoms with Crippen molar-refractivity contribution in [2.24, 2.45) is 5.92 Å². The minimum Gasteiger partial charge on any atom is -0.481 e. The van der Waals surface area contributed by atoms with E-state index in [0.29, 0.717) is 6.42 Å². The van der Waals surface area contributed by atoms with Gasteiger partial charge in [0.05, 0.1) is 6.42 Å². The van der Waals surface area contributed by atoms with Crippen molar-refractivity contribution in [3.05, 3.63) is 0 Å². The van der Waals surface area contributed by atoms with E-state index in [1.165, 1.54) is 44.9 Å². The Balaban J connectivity index is 2.00. The van der Waals surface area contributed by atoms with Crippen molar-refractivity contribution in [1.29, 1.82) is 0 Å². The normalized spacial score (nSPS) is 21.9. The zero-order valence-corrected chi connectivity index (χ0v) is 12.6. The van der Waals surface area contributed by atoms with Crippen molar-refractivity contribution in [3.63, 3.8) is 0 Å². The number of aliphatic carboxylic acids is 1. The van der Waals surface area contributed by atoms with Gasteiger partial charge in [0.1, 0.15) is 12.0 Å². The Morgan fingerprint density at radius 2 is 1.65 bits per heavy atom. The summed E-state index contributed by atoms with van der Waals surface area (Å²) < 4.78 is 5.09. The van der Waals surface area contributed by atoms with E-state index in [4.69, 9.17) is 9.84 Å². The minimum absolute atomic E-state index is 0.0391. The molecular formula is C16H28O4. The molecule has 2 atom stereocenters. The molecule has 1 heterocycles. The summed E-state index contributed by atoms with van der Waals surface area (Å²) in [7, 11) is 0. The van der Waals surface area contributed by atoms with Crippen molar-refractivity contribution in [2.75, 3.05) is 0 Å². The molecule has 2 unspecified atom stereocenters. The van der Waals surface area contributed by atoms with E-state index in [0.717, 1.165) is 12.8 Å². The molecule has 4 nitrogen and oxygen atoms in total. The smallest absolute Gasteiger partial charge is 0.310 e. The molecule has 0 saturated carbocycles. The fourth-order valence-electron chi connectivity index (χ4n) is 2.77. The second kappa shape index (κ2) is 9.78. The predicted octanol–water partition coefficient (Wildman–Crippen LogP) is 3.92. The summed E-state index contributed by atoms with van der Waals surface area (Å²) in [5.74, 6) is -1.90. The fourth-order valence-corrected chi connectivity index (χ4v) is 2.77. The number of esters is 1. The number of carboxylic acids is 1. The number of hydrogen-bond acceptors (Lipinski definition) is 3. The SMILES string of the molecule is CCCCCCCCCCCC1OC(=O)CC1C(=O)O. The molecule has 0 bridgehead atoms. The van der Waals surface area contributed by atoms with Crippen LogP contribution in [0.3, 0.4) is 0 Å². The molecule has 0 aromatic carbocycles. The Morgan fingerprint density at radius 3 is 2.20 bits per heavy atom. The van der Waals surface area contributed by atoms with Crippen LogP contribution in [0.5, 0.6) is 0 Å². The topological polar surface area (TPSA) is 63.6 Å². The summed E-state index contributed by atoms with van der Waals surface area (Å²) in [6.45, 7) is 2.22. The standard InChI is InChI=1S/C16H28O4/c1-2-3-4-5-6-7-8-9-10-11-14-13(16(18)19)12-15(17)20-14/h13-14H,2-12H2,1H3,(H,18,19). The molecule has 0 aliphatic carbocycles. The molecule has 0 spiro atoms. The Hall–Kier alpha value is -1.06. The second-order valence-electron chi connectivity index (χ2n) is 5.79. The van der Waals surface area contributed by atoms with Crippen LogP contribution < -0.4 is 0 Å². The molecule has 0 aromatic heterocycles. The van der Waals surface area contributed by atoms with Gasteiger partial charge in [0.25, 0.3) is 0 Å². The van der Waals surface area contributed by atoms with Crippen molar-refractivity contribution >= 4 is 11.9 Å². The van der Waals surface area contributed by atoms with Gasteiger partial charge in [-0.3, -0.25) is 9.59 Å². The molecule has 1 rings (SSSR count). The highest BCUT2D eigenvalue weighted by Gasteiger charge is 2.39. The maximum atomic E-state index is 11.1. The molecule has 4 heteroatoms. The van der Waals surface area contributed by atoms with Gasteiger partial charge < -0.3 is 9.84 Å². The highest BCUT2D eigenvalue weighted by atomic mass is 16.6. The maximum absolute atomic E-state index is 11.1. The van der Waals surface area contributed by atoms with E-state index in [1.807, 2.05) is 0 Å². The quantitative estimate of drug-likeness (QED) is 0.461. The van der Waals surface area contributed by atoms with Gasteiger partial charge in [0.2, 0.25) is 0 Å². The molecule has 1 N–H and O–H groups in total. The molecule has 116 valence electrons. The van der Waals surface area contributed by atoms with E-state index >= 15 is 0 Å². The lowest BCUT2D eigenvalue weighted by molar-refractivity contribution is -0.144. The average molecular weight is 284 g/mol. The van der Waals surface area contributed by atoms with Gasteiger partial charge in [-0.15, -0.1) is 0 Å². The molecule has 20 heavy (non-hydrogen) atoms. The van der Waals surface area contributed by atoms with Gasteiger partial charge in [-0.1, -0.05) is 58.3 Å². The highest BCUT2D eigenvalue weighted by molar-refractivity contribution is 5.82. The third-order valence-corrected chi connectivity index (χ3v) is 4.03. The molecule has 0 aromatic rings. The number of unbranched alkanes of at least 4 members (excludes halogenated alkanes) is 8. The van der Waals surface area contributed by atoms with Crippen molar-refractivity contribution < 1.29 is 19.4 Å². The lowest BCUT2D eigenvalue weighted by Gasteiger charge is -2.13. The number of carboxylic acid groups (broad SMARTS) is 1. The highest BCUT2D eigenvalue weighted by Crippen LogP contribution is 2.26. The third kappa shape index (κ3) is 6.40. The van der Waals surface area contributed by atoms with Crippen molar-refractivity contribution in [2.45, 2.75) is 83.7 Å². The second-order valence-corrected chi connectivity index (χ2v) is 5.79. The lowest BCUT2D eigenvalue weighted by atomic mass is 9.96. The predicted molar refractivity (Wildman–Crippen MR) is 77.5 cm³/mol. The molecular weight excluding hydrogens is 256 g/mol. The van der Waals surface area contributed by atoms with Crippen LogP contribution in [-0.2, 0) is 14.3 Å². The first kappa shape index (κ1) is 17.0. The minimum atomic E-state index is -0.906. The Morgan fingerprint density at radius 1 is 1.10 bits per heavy atom. The maximum Gasteiger partial charge on any atom is 0.310 e. The number of hydrogen-bond donors (Lipinski definition) is 1. The van der Waals surface area contributed by atoms with Gasteiger partial charge >= 0.3 is 11.9 Å². The number of carbonyl (C=O) groups excluding carboxylic acids is 1. The first-order valence-corrected chi connectivity index (χ1v) is 8.07. The van der Waals surface area contributed by atoms with Crippen LogP contribution in [0.4, 0.5) is 0 Å². The number of cyclic esters (lactones) is 1. The van der Waals surface area contributed by atoms with Gasteiger partial charge in [-0.25, -0.2) is 0 Å². The monoisotopic (exact) mass is 284 g/mol. The zero-order chi connectivity index (χ0) is 14.8. The van der Waals surface area contributed by atoms with Crippen LogP contribution in [0.25, 0.3) is 0 Å².